The Bertz CT molecular complexity index is 261. The zero-order valence-electron chi connectivity index (χ0n) is 11.6. The number of nitrogens with one attached hydrogen (secondary N) is 1. The van der Waals surface area contributed by atoms with Gasteiger partial charge in [0.1, 0.15) is 0 Å². The highest BCUT2D eigenvalue weighted by Gasteiger charge is 1.94. The molecule has 1 rings (SSSR count). The van der Waals surface area contributed by atoms with E-state index in [9.17, 15) is 0 Å². The minimum atomic E-state index is 0.845. The lowest BCUT2D eigenvalue weighted by Gasteiger charge is -2.05. The highest BCUT2D eigenvalue weighted by molar-refractivity contribution is 7.09. The highest BCUT2D eigenvalue weighted by Crippen LogP contribution is 2.07. The molecule has 18 heavy (non-hydrogen) atoms. The van der Waals surface area contributed by atoms with Gasteiger partial charge in [0.25, 0.3) is 0 Å². The van der Waals surface area contributed by atoms with E-state index in [0.29, 0.717) is 0 Å². The van der Waals surface area contributed by atoms with E-state index in [1.165, 1.54) is 37.0 Å². The number of thiophene rings is 1. The second-order valence-electron chi connectivity index (χ2n) is 4.61. The first-order chi connectivity index (χ1) is 8.93. The molecule has 3 heteroatoms. The predicted octanol–water partition coefficient (Wildman–Crippen LogP) is 3.87. The van der Waals surface area contributed by atoms with Crippen LogP contribution in [0.25, 0.3) is 0 Å². The number of ether oxygens (including phenoxy) is 1. The summed E-state index contributed by atoms with van der Waals surface area (Å²) in [5.74, 6) is 0. The van der Waals surface area contributed by atoms with Gasteiger partial charge >= 0.3 is 0 Å². The Morgan fingerprint density at radius 3 is 2.78 bits per heavy atom. The quantitative estimate of drug-likeness (QED) is 0.582. The Hall–Kier alpha value is -0.380. The molecule has 0 aliphatic rings. The Morgan fingerprint density at radius 1 is 1.11 bits per heavy atom. The van der Waals surface area contributed by atoms with Crippen LogP contribution in [0.3, 0.4) is 0 Å². The van der Waals surface area contributed by atoms with Gasteiger partial charge in [-0.05, 0) is 24.3 Å². The largest absolute Gasteiger partial charge is 0.380 e. The molecule has 0 bridgehead atoms. The number of rotatable bonds is 12. The van der Waals surface area contributed by atoms with E-state index in [4.69, 9.17) is 4.74 Å². The third-order valence-electron chi connectivity index (χ3n) is 2.94. The first-order valence-electron chi connectivity index (χ1n) is 7.24. The van der Waals surface area contributed by atoms with Crippen molar-refractivity contribution in [3.8, 4) is 0 Å². The molecule has 0 spiro atoms. The molecule has 0 aliphatic carbocycles. The maximum atomic E-state index is 5.59. The summed E-state index contributed by atoms with van der Waals surface area (Å²) in [5.41, 5.74) is 0. The van der Waals surface area contributed by atoms with Crippen molar-refractivity contribution < 1.29 is 4.74 Å². The minimum Gasteiger partial charge on any atom is -0.380 e. The molecule has 0 saturated carbocycles. The van der Waals surface area contributed by atoms with Gasteiger partial charge in [0, 0.05) is 24.6 Å². The lowest BCUT2D eigenvalue weighted by molar-refractivity contribution is 0.132. The van der Waals surface area contributed by atoms with Gasteiger partial charge in [0.05, 0.1) is 6.61 Å². The molecule has 1 N–H and O–H groups in total. The fraction of sp³-hybridized carbons (Fsp3) is 0.733. The monoisotopic (exact) mass is 269 g/mol. The van der Waals surface area contributed by atoms with Gasteiger partial charge < -0.3 is 10.1 Å². The molecular weight excluding hydrogens is 242 g/mol. The van der Waals surface area contributed by atoms with Crippen molar-refractivity contribution in [1.82, 2.24) is 5.32 Å². The molecule has 0 fully saturated rings. The molecule has 0 atom stereocenters. The van der Waals surface area contributed by atoms with Crippen molar-refractivity contribution in [2.75, 3.05) is 26.3 Å². The van der Waals surface area contributed by atoms with Gasteiger partial charge in [-0.25, -0.2) is 0 Å². The van der Waals surface area contributed by atoms with Crippen LogP contribution in [0.5, 0.6) is 0 Å². The van der Waals surface area contributed by atoms with Crippen LogP contribution in [0, 0.1) is 0 Å². The molecule has 0 aromatic carbocycles. The van der Waals surface area contributed by atoms with Gasteiger partial charge in [-0.3, -0.25) is 0 Å². The van der Waals surface area contributed by atoms with Crippen molar-refractivity contribution in [3.63, 3.8) is 0 Å². The summed E-state index contributed by atoms with van der Waals surface area (Å²) in [4.78, 5) is 1.46. The molecule has 0 unspecified atom stereocenters. The third kappa shape index (κ3) is 8.67. The van der Waals surface area contributed by atoms with Crippen molar-refractivity contribution in [1.29, 1.82) is 0 Å². The van der Waals surface area contributed by atoms with Crippen LogP contribution in [0.4, 0.5) is 0 Å². The lowest BCUT2D eigenvalue weighted by atomic mass is 10.2. The molecule has 1 aromatic rings. The first kappa shape index (κ1) is 15.7. The van der Waals surface area contributed by atoms with Crippen LogP contribution in [-0.4, -0.2) is 26.3 Å². The first-order valence-corrected chi connectivity index (χ1v) is 8.12. The Kier molecular flexibility index (Phi) is 10.2. The minimum absolute atomic E-state index is 0.845. The second-order valence-corrected chi connectivity index (χ2v) is 5.64. The fourth-order valence-corrected chi connectivity index (χ4v) is 2.55. The standard InChI is InChI=1S/C15H27NOS/c1-2-3-4-5-6-12-17-13-11-16-10-9-15-8-7-14-18-15/h7-8,14,16H,2-6,9-13H2,1H3. The summed E-state index contributed by atoms with van der Waals surface area (Å²) in [6, 6.07) is 4.31. The van der Waals surface area contributed by atoms with Crippen molar-refractivity contribution in [2.45, 2.75) is 45.4 Å². The van der Waals surface area contributed by atoms with Crippen LogP contribution < -0.4 is 5.32 Å². The number of hydrogen-bond donors (Lipinski definition) is 1. The summed E-state index contributed by atoms with van der Waals surface area (Å²) in [5, 5.41) is 5.55. The lowest BCUT2D eigenvalue weighted by Crippen LogP contribution is -2.22. The van der Waals surface area contributed by atoms with Crippen LogP contribution in [0.15, 0.2) is 17.5 Å². The van der Waals surface area contributed by atoms with Gasteiger partial charge in [-0.1, -0.05) is 38.7 Å². The molecule has 1 heterocycles. The Labute approximate surface area is 116 Å². The highest BCUT2D eigenvalue weighted by atomic mass is 32.1. The van der Waals surface area contributed by atoms with Crippen LogP contribution in [-0.2, 0) is 11.2 Å². The van der Waals surface area contributed by atoms with Crippen molar-refractivity contribution in [3.05, 3.63) is 22.4 Å². The zero-order valence-corrected chi connectivity index (χ0v) is 12.4. The van der Waals surface area contributed by atoms with Gasteiger partial charge in [0.2, 0.25) is 0 Å². The van der Waals surface area contributed by atoms with E-state index in [1.54, 1.807) is 0 Å². The molecule has 1 aromatic heterocycles. The summed E-state index contributed by atoms with van der Waals surface area (Å²) < 4.78 is 5.59. The Balaban J connectivity index is 1.73. The van der Waals surface area contributed by atoms with Crippen molar-refractivity contribution in [2.24, 2.45) is 0 Å². The van der Waals surface area contributed by atoms with E-state index >= 15 is 0 Å². The SMILES string of the molecule is CCCCCCCOCCNCCc1cccs1. The normalized spacial score (nSPS) is 10.9. The maximum Gasteiger partial charge on any atom is 0.0590 e. The second kappa shape index (κ2) is 11.7. The maximum absolute atomic E-state index is 5.59. The van der Waals surface area contributed by atoms with Crippen molar-refractivity contribution >= 4 is 11.3 Å². The summed E-state index contributed by atoms with van der Waals surface area (Å²) in [7, 11) is 0. The summed E-state index contributed by atoms with van der Waals surface area (Å²) in [6.07, 6.45) is 7.71. The molecule has 2 nitrogen and oxygen atoms in total. The smallest absolute Gasteiger partial charge is 0.0590 e. The number of hydrogen-bond acceptors (Lipinski definition) is 3. The average molecular weight is 269 g/mol. The molecule has 104 valence electrons. The topological polar surface area (TPSA) is 21.3 Å². The summed E-state index contributed by atoms with van der Waals surface area (Å²) >= 11 is 1.83. The average Bonchev–Trinajstić information content (AvgIpc) is 2.89. The number of unbranched alkanes of at least 4 members (excludes halogenated alkanes) is 4. The van der Waals surface area contributed by atoms with Gasteiger partial charge in [-0.15, -0.1) is 11.3 Å². The van der Waals surface area contributed by atoms with Gasteiger partial charge in [-0.2, -0.15) is 0 Å². The molecule has 0 saturated heterocycles. The predicted molar refractivity (Wildman–Crippen MR) is 80.5 cm³/mol. The van der Waals surface area contributed by atoms with Crippen LogP contribution in [0.1, 0.15) is 43.9 Å². The van der Waals surface area contributed by atoms with E-state index in [-0.39, 0.29) is 0 Å². The third-order valence-corrected chi connectivity index (χ3v) is 3.88. The molecule has 0 aliphatic heterocycles. The molecular formula is C15H27NOS. The van der Waals surface area contributed by atoms with E-state index in [0.717, 1.165) is 32.7 Å². The summed E-state index contributed by atoms with van der Waals surface area (Å²) in [6.45, 7) is 6.05. The fourth-order valence-electron chi connectivity index (χ4n) is 1.85. The van der Waals surface area contributed by atoms with E-state index < -0.39 is 0 Å². The van der Waals surface area contributed by atoms with E-state index in [1.807, 2.05) is 11.3 Å². The Morgan fingerprint density at radius 2 is 2.00 bits per heavy atom. The molecule has 0 amide bonds. The molecule has 0 radical (unpaired) electrons. The van der Waals surface area contributed by atoms with Crippen LogP contribution >= 0.6 is 11.3 Å². The van der Waals surface area contributed by atoms with E-state index in [2.05, 4.69) is 29.8 Å². The van der Waals surface area contributed by atoms with Gasteiger partial charge in [0.15, 0.2) is 0 Å². The zero-order chi connectivity index (χ0) is 12.9. The van der Waals surface area contributed by atoms with Crippen LogP contribution in [0.2, 0.25) is 0 Å².